The molecule has 0 saturated carbocycles. The minimum atomic E-state index is -3.30. The van der Waals surface area contributed by atoms with E-state index in [4.69, 9.17) is 5.73 Å². The fourth-order valence-electron chi connectivity index (χ4n) is 3.29. The van der Waals surface area contributed by atoms with Crippen molar-refractivity contribution in [3.05, 3.63) is 0 Å². The molecule has 6 heteroatoms. The van der Waals surface area contributed by atoms with Gasteiger partial charge < -0.3 is 5.73 Å². The van der Waals surface area contributed by atoms with Crippen molar-refractivity contribution in [1.82, 2.24) is 8.61 Å². The van der Waals surface area contributed by atoms with Gasteiger partial charge in [0.15, 0.2) is 0 Å². The van der Waals surface area contributed by atoms with Crippen LogP contribution in [-0.2, 0) is 10.2 Å². The maximum atomic E-state index is 12.6. The van der Waals surface area contributed by atoms with Crippen LogP contribution in [0.25, 0.3) is 0 Å². The van der Waals surface area contributed by atoms with Gasteiger partial charge in [-0.05, 0) is 31.1 Å². The topological polar surface area (TPSA) is 66.6 Å². The summed E-state index contributed by atoms with van der Waals surface area (Å²) in [5, 5.41) is 0. The van der Waals surface area contributed by atoms with Crippen molar-refractivity contribution in [2.45, 2.75) is 39.2 Å². The molecule has 2 aliphatic heterocycles. The number of hydrogen-bond acceptors (Lipinski definition) is 3. The third-order valence-corrected chi connectivity index (χ3v) is 6.08. The number of hydrogen-bond donors (Lipinski definition) is 1. The summed E-state index contributed by atoms with van der Waals surface area (Å²) in [5.74, 6) is 0.893. The van der Waals surface area contributed by atoms with Gasteiger partial charge in [-0.25, -0.2) is 0 Å². The lowest BCUT2D eigenvalue weighted by molar-refractivity contribution is 0.207. The van der Waals surface area contributed by atoms with Crippen molar-refractivity contribution < 1.29 is 8.42 Å². The van der Waals surface area contributed by atoms with Crippen LogP contribution in [0.1, 0.15) is 33.1 Å². The monoisotopic (exact) mass is 275 g/mol. The van der Waals surface area contributed by atoms with Crippen LogP contribution in [0.3, 0.4) is 0 Å². The zero-order chi connectivity index (χ0) is 13.3. The Kier molecular flexibility index (Phi) is 4.31. The van der Waals surface area contributed by atoms with E-state index in [1.54, 1.807) is 8.61 Å². The highest BCUT2D eigenvalue weighted by molar-refractivity contribution is 7.86. The Labute approximate surface area is 110 Å². The first-order valence-corrected chi connectivity index (χ1v) is 8.31. The smallest absolute Gasteiger partial charge is 0.282 e. The summed E-state index contributed by atoms with van der Waals surface area (Å²) in [4.78, 5) is 0. The molecule has 0 aromatic heterocycles. The zero-order valence-electron chi connectivity index (χ0n) is 11.4. The summed E-state index contributed by atoms with van der Waals surface area (Å²) in [6, 6.07) is 0.00235. The van der Waals surface area contributed by atoms with Gasteiger partial charge in [-0.3, -0.25) is 0 Å². The maximum absolute atomic E-state index is 12.6. The summed E-state index contributed by atoms with van der Waals surface area (Å²) in [5.41, 5.74) is 5.68. The largest absolute Gasteiger partial charge is 0.329 e. The molecule has 0 amide bonds. The highest BCUT2D eigenvalue weighted by Gasteiger charge is 2.39. The molecule has 0 bridgehead atoms. The van der Waals surface area contributed by atoms with Crippen molar-refractivity contribution in [3.8, 4) is 0 Å². The lowest BCUT2D eigenvalue weighted by Gasteiger charge is -2.37. The summed E-state index contributed by atoms with van der Waals surface area (Å²) in [6.45, 7) is 6.62. The van der Waals surface area contributed by atoms with E-state index in [0.29, 0.717) is 38.0 Å². The maximum Gasteiger partial charge on any atom is 0.282 e. The van der Waals surface area contributed by atoms with Crippen molar-refractivity contribution in [1.29, 1.82) is 0 Å². The zero-order valence-corrected chi connectivity index (χ0v) is 12.2. The number of nitrogens with zero attached hydrogens (tertiary/aromatic N) is 2. The van der Waals surface area contributed by atoms with Crippen molar-refractivity contribution in [3.63, 3.8) is 0 Å². The number of piperidine rings is 1. The van der Waals surface area contributed by atoms with Crippen LogP contribution in [-0.4, -0.2) is 49.2 Å². The minimum Gasteiger partial charge on any atom is -0.329 e. The fraction of sp³-hybridized carbons (Fsp3) is 1.00. The Morgan fingerprint density at radius 1 is 1.22 bits per heavy atom. The third kappa shape index (κ3) is 2.71. The van der Waals surface area contributed by atoms with Crippen LogP contribution in [0, 0.1) is 11.8 Å². The molecule has 2 saturated heterocycles. The molecule has 2 N–H and O–H groups in total. The standard InChI is InChI=1S/C12H25N3O2S/c1-10-6-11(2)9-14(8-10)18(16,17)15-5-3-4-12(15)7-13/h10-12H,3-9,13H2,1-2H3/t10-,11+,12-/m1/s1. The highest BCUT2D eigenvalue weighted by atomic mass is 32.2. The van der Waals surface area contributed by atoms with E-state index in [1.807, 2.05) is 0 Å². The summed E-state index contributed by atoms with van der Waals surface area (Å²) >= 11 is 0. The average molecular weight is 275 g/mol. The van der Waals surface area contributed by atoms with E-state index in [0.717, 1.165) is 19.3 Å². The highest BCUT2D eigenvalue weighted by Crippen LogP contribution is 2.28. The van der Waals surface area contributed by atoms with Crippen molar-refractivity contribution in [2.75, 3.05) is 26.2 Å². The molecule has 18 heavy (non-hydrogen) atoms. The van der Waals surface area contributed by atoms with Gasteiger partial charge in [0.1, 0.15) is 0 Å². The average Bonchev–Trinajstić information content (AvgIpc) is 2.76. The molecular formula is C12H25N3O2S. The van der Waals surface area contributed by atoms with Gasteiger partial charge in [-0.2, -0.15) is 17.0 Å². The SMILES string of the molecule is C[C@@H]1C[C@H](C)CN(S(=O)(=O)N2CCC[C@@H]2CN)C1. The van der Waals surface area contributed by atoms with Crippen molar-refractivity contribution >= 4 is 10.2 Å². The normalized spacial score (nSPS) is 36.1. The van der Waals surface area contributed by atoms with Gasteiger partial charge in [0.25, 0.3) is 10.2 Å². The van der Waals surface area contributed by atoms with Crippen LogP contribution in [0.4, 0.5) is 0 Å². The second-order valence-electron chi connectivity index (χ2n) is 5.91. The van der Waals surface area contributed by atoms with Gasteiger partial charge in [0.2, 0.25) is 0 Å². The lowest BCUT2D eigenvalue weighted by atomic mass is 9.94. The van der Waals surface area contributed by atoms with Gasteiger partial charge in [0.05, 0.1) is 0 Å². The van der Waals surface area contributed by atoms with Gasteiger partial charge >= 0.3 is 0 Å². The molecule has 0 spiro atoms. The molecular weight excluding hydrogens is 250 g/mol. The van der Waals surface area contributed by atoms with Gasteiger partial charge in [0, 0.05) is 32.2 Å². The molecule has 0 aromatic rings. The lowest BCUT2D eigenvalue weighted by Crippen LogP contribution is -2.52. The first kappa shape index (κ1) is 14.2. The first-order valence-electron chi connectivity index (χ1n) is 6.92. The predicted octanol–water partition coefficient (Wildman–Crippen LogP) is 0.632. The van der Waals surface area contributed by atoms with Crippen LogP contribution in [0.2, 0.25) is 0 Å². The molecule has 2 heterocycles. The summed E-state index contributed by atoms with van der Waals surface area (Å²) < 4.78 is 28.6. The van der Waals surface area contributed by atoms with Gasteiger partial charge in [-0.15, -0.1) is 0 Å². The third-order valence-electron chi connectivity index (χ3n) is 4.05. The van der Waals surface area contributed by atoms with E-state index < -0.39 is 10.2 Å². The Morgan fingerprint density at radius 2 is 1.83 bits per heavy atom. The summed E-state index contributed by atoms with van der Waals surface area (Å²) in [6.07, 6.45) is 2.95. The van der Waals surface area contributed by atoms with Crippen LogP contribution >= 0.6 is 0 Å². The molecule has 2 rings (SSSR count). The second kappa shape index (κ2) is 5.45. The first-order chi connectivity index (χ1) is 8.45. The quantitative estimate of drug-likeness (QED) is 0.821. The van der Waals surface area contributed by atoms with E-state index in [-0.39, 0.29) is 6.04 Å². The minimum absolute atomic E-state index is 0.00235. The van der Waals surface area contributed by atoms with E-state index in [9.17, 15) is 8.42 Å². The molecule has 2 aliphatic rings. The Balaban J connectivity index is 2.15. The number of nitrogens with two attached hydrogens (primary N) is 1. The van der Waals surface area contributed by atoms with E-state index in [2.05, 4.69) is 13.8 Å². The van der Waals surface area contributed by atoms with Crippen LogP contribution in [0.15, 0.2) is 0 Å². The molecule has 0 aromatic carbocycles. The second-order valence-corrected chi connectivity index (χ2v) is 7.79. The van der Waals surface area contributed by atoms with E-state index >= 15 is 0 Å². The molecule has 5 nitrogen and oxygen atoms in total. The molecule has 106 valence electrons. The fourth-order valence-corrected chi connectivity index (χ4v) is 5.40. The Hall–Kier alpha value is -0.170. The van der Waals surface area contributed by atoms with E-state index in [1.165, 1.54) is 0 Å². The number of rotatable bonds is 3. The molecule has 0 aliphatic carbocycles. The van der Waals surface area contributed by atoms with Crippen molar-refractivity contribution in [2.24, 2.45) is 17.6 Å². The Morgan fingerprint density at radius 3 is 2.39 bits per heavy atom. The molecule has 3 atom stereocenters. The van der Waals surface area contributed by atoms with Crippen LogP contribution in [0.5, 0.6) is 0 Å². The molecule has 0 radical (unpaired) electrons. The predicted molar refractivity (Wildman–Crippen MR) is 72.2 cm³/mol. The molecule has 2 fully saturated rings. The van der Waals surface area contributed by atoms with Crippen LogP contribution < -0.4 is 5.73 Å². The summed E-state index contributed by atoms with van der Waals surface area (Å²) in [7, 11) is -3.30. The van der Waals surface area contributed by atoms with Gasteiger partial charge in [-0.1, -0.05) is 13.8 Å². The molecule has 0 unspecified atom stereocenters. The Bertz CT molecular complexity index is 375.